The maximum absolute atomic E-state index is 12.5. The molecule has 0 aliphatic rings. The first-order chi connectivity index (χ1) is 8.66. The number of halogens is 5. The molecule has 0 saturated heterocycles. The van der Waals surface area contributed by atoms with Crippen molar-refractivity contribution in [2.75, 3.05) is 5.88 Å². The number of nitrogens with two attached hydrogens (primary N) is 1. The molecule has 0 bridgehead atoms. The Balaban J connectivity index is 3.53. The highest BCUT2D eigenvalue weighted by Crippen LogP contribution is 2.41. The standard InChI is InChI=1S/C9H6Cl2F3N3O2/c10-3-7(15)16-8-5(11)1-4(9(12,13)14)2-6(8)17(18)19/h1-2H,3H2,(H2,15,16). The summed E-state index contributed by atoms with van der Waals surface area (Å²) in [5, 5.41) is 10.2. The van der Waals surface area contributed by atoms with E-state index in [0.717, 1.165) is 0 Å². The first-order valence-corrected chi connectivity index (χ1v) is 5.52. The minimum atomic E-state index is -4.76. The predicted molar refractivity (Wildman–Crippen MR) is 65.1 cm³/mol. The summed E-state index contributed by atoms with van der Waals surface area (Å²) in [5.74, 6) is -0.444. The summed E-state index contributed by atoms with van der Waals surface area (Å²) >= 11 is 10.9. The lowest BCUT2D eigenvalue weighted by atomic mass is 10.1. The molecule has 0 aromatic heterocycles. The number of nitrogens with zero attached hydrogens (tertiary/aromatic N) is 2. The fraction of sp³-hybridized carbons (Fsp3) is 0.222. The molecule has 0 saturated carbocycles. The molecule has 0 spiro atoms. The van der Waals surface area contributed by atoms with Gasteiger partial charge < -0.3 is 5.73 Å². The van der Waals surface area contributed by atoms with Gasteiger partial charge in [-0.3, -0.25) is 10.1 Å². The van der Waals surface area contributed by atoms with Gasteiger partial charge in [0.25, 0.3) is 5.69 Å². The van der Waals surface area contributed by atoms with E-state index < -0.39 is 33.1 Å². The number of amidine groups is 1. The molecular formula is C9H6Cl2F3N3O2. The van der Waals surface area contributed by atoms with E-state index in [1.54, 1.807) is 0 Å². The topological polar surface area (TPSA) is 81.5 Å². The van der Waals surface area contributed by atoms with Gasteiger partial charge in [-0.25, -0.2) is 4.99 Å². The van der Waals surface area contributed by atoms with Gasteiger partial charge in [0.05, 0.1) is 21.4 Å². The number of nitro benzene ring substituents is 1. The molecule has 0 aliphatic carbocycles. The van der Waals surface area contributed by atoms with Crippen molar-refractivity contribution in [2.24, 2.45) is 10.7 Å². The third-order valence-electron chi connectivity index (χ3n) is 1.96. The minimum Gasteiger partial charge on any atom is -0.386 e. The average Bonchev–Trinajstić information content (AvgIpc) is 2.29. The van der Waals surface area contributed by atoms with Crippen molar-refractivity contribution < 1.29 is 18.1 Å². The molecule has 1 aromatic carbocycles. The maximum Gasteiger partial charge on any atom is 0.416 e. The molecule has 1 rings (SSSR count). The highest BCUT2D eigenvalue weighted by atomic mass is 35.5. The highest BCUT2D eigenvalue weighted by Gasteiger charge is 2.34. The SMILES string of the molecule is NC(CCl)=Nc1c(Cl)cc(C(F)(F)F)cc1[N+](=O)[O-]. The maximum atomic E-state index is 12.5. The van der Waals surface area contributed by atoms with Crippen LogP contribution in [-0.4, -0.2) is 16.6 Å². The second-order valence-electron chi connectivity index (χ2n) is 3.32. The summed E-state index contributed by atoms with van der Waals surface area (Å²) in [6.45, 7) is 0. The van der Waals surface area contributed by atoms with Crippen LogP contribution in [-0.2, 0) is 6.18 Å². The van der Waals surface area contributed by atoms with Crippen molar-refractivity contribution in [1.82, 2.24) is 0 Å². The second-order valence-corrected chi connectivity index (χ2v) is 3.99. The monoisotopic (exact) mass is 315 g/mol. The van der Waals surface area contributed by atoms with Crippen LogP contribution in [0, 0.1) is 10.1 Å². The van der Waals surface area contributed by atoms with Crippen molar-refractivity contribution in [1.29, 1.82) is 0 Å². The van der Waals surface area contributed by atoms with Gasteiger partial charge in [0.2, 0.25) is 0 Å². The number of hydrogen-bond acceptors (Lipinski definition) is 3. The summed E-state index contributed by atoms with van der Waals surface area (Å²) in [6, 6.07) is 0.876. The van der Waals surface area contributed by atoms with E-state index in [0.29, 0.717) is 12.1 Å². The average molecular weight is 316 g/mol. The Morgan fingerprint density at radius 3 is 2.47 bits per heavy atom. The number of aliphatic imine (C=N–C) groups is 1. The van der Waals surface area contributed by atoms with Crippen LogP contribution in [0.15, 0.2) is 17.1 Å². The van der Waals surface area contributed by atoms with Crippen LogP contribution < -0.4 is 5.73 Å². The Bertz CT molecular complexity index is 546. The van der Waals surface area contributed by atoms with E-state index in [9.17, 15) is 23.3 Å². The number of rotatable bonds is 3. The number of hydrogen-bond donors (Lipinski definition) is 1. The molecule has 5 nitrogen and oxygen atoms in total. The smallest absolute Gasteiger partial charge is 0.386 e. The Morgan fingerprint density at radius 1 is 1.47 bits per heavy atom. The molecular weight excluding hydrogens is 310 g/mol. The fourth-order valence-electron chi connectivity index (χ4n) is 1.17. The number of alkyl halides is 4. The second kappa shape index (κ2) is 5.62. The first-order valence-electron chi connectivity index (χ1n) is 4.61. The van der Waals surface area contributed by atoms with Crippen LogP contribution in [0.1, 0.15) is 5.56 Å². The normalized spacial score (nSPS) is 12.6. The quantitative estimate of drug-likeness (QED) is 0.305. The highest BCUT2D eigenvalue weighted by molar-refractivity contribution is 6.34. The lowest BCUT2D eigenvalue weighted by molar-refractivity contribution is -0.384. The Kier molecular flexibility index (Phi) is 4.59. The van der Waals surface area contributed by atoms with Crippen LogP contribution in [0.25, 0.3) is 0 Å². The molecule has 0 amide bonds. The number of nitro groups is 1. The Hall–Kier alpha value is -1.54. The minimum absolute atomic E-state index is 0.202. The van der Waals surface area contributed by atoms with Crippen molar-refractivity contribution >= 4 is 40.4 Å². The molecule has 104 valence electrons. The third kappa shape index (κ3) is 3.71. The van der Waals surface area contributed by atoms with Crippen LogP contribution in [0.5, 0.6) is 0 Å². The van der Waals surface area contributed by atoms with E-state index in [1.165, 1.54) is 0 Å². The summed E-state index contributed by atoms with van der Waals surface area (Å²) in [5.41, 5.74) is 2.68. The van der Waals surface area contributed by atoms with E-state index in [1.807, 2.05) is 0 Å². The largest absolute Gasteiger partial charge is 0.416 e. The van der Waals surface area contributed by atoms with E-state index in [2.05, 4.69) is 4.99 Å². The van der Waals surface area contributed by atoms with Gasteiger partial charge in [-0.2, -0.15) is 13.2 Å². The summed E-state index contributed by atoms with van der Waals surface area (Å²) in [4.78, 5) is 13.3. The summed E-state index contributed by atoms with van der Waals surface area (Å²) in [7, 11) is 0. The zero-order valence-electron chi connectivity index (χ0n) is 9.04. The molecule has 0 heterocycles. The Labute approximate surface area is 115 Å². The van der Waals surface area contributed by atoms with Gasteiger partial charge in [-0.15, -0.1) is 11.6 Å². The van der Waals surface area contributed by atoms with Crippen LogP contribution >= 0.6 is 23.2 Å². The zero-order chi connectivity index (χ0) is 14.8. The summed E-state index contributed by atoms with van der Waals surface area (Å²) in [6.07, 6.45) is -4.76. The van der Waals surface area contributed by atoms with Crippen molar-refractivity contribution in [3.63, 3.8) is 0 Å². The molecule has 0 atom stereocenters. The molecule has 2 N–H and O–H groups in total. The van der Waals surface area contributed by atoms with Gasteiger partial charge >= 0.3 is 6.18 Å². The van der Waals surface area contributed by atoms with Crippen molar-refractivity contribution in [2.45, 2.75) is 6.18 Å². The third-order valence-corrected chi connectivity index (χ3v) is 2.52. The molecule has 0 aliphatic heterocycles. The molecule has 0 unspecified atom stereocenters. The molecule has 10 heteroatoms. The van der Waals surface area contributed by atoms with Crippen LogP contribution in [0.3, 0.4) is 0 Å². The Morgan fingerprint density at radius 2 is 2.05 bits per heavy atom. The summed E-state index contributed by atoms with van der Waals surface area (Å²) < 4.78 is 37.5. The lowest BCUT2D eigenvalue weighted by Gasteiger charge is -2.09. The van der Waals surface area contributed by atoms with Gasteiger partial charge in [0, 0.05) is 6.07 Å². The van der Waals surface area contributed by atoms with E-state index in [4.69, 9.17) is 28.9 Å². The van der Waals surface area contributed by atoms with E-state index in [-0.39, 0.29) is 11.7 Å². The van der Waals surface area contributed by atoms with Gasteiger partial charge in [0.1, 0.15) is 5.84 Å². The molecule has 0 radical (unpaired) electrons. The van der Waals surface area contributed by atoms with Gasteiger partial charge in [0.15, 0.2) is 5.69 Å². The molecule has 0 fully saturated rings. The zero-order valence-corrected chi connectivity index (χ0v) is 10.6. The molecule has 19 heavy (non-hydrogen) atoms. The van der Waals surface area contributed by atoms with Crippen LogP contribution in [0.2, 0.25) is 5.02 Å². The first kappa shape index (κ1) is 15.5. The number of benzene rings is 1. The molecule has 1 aromatic rings. The van der Waals surface area contributed by atoms with Crippen molar-refractivity contribution in [3.8, 4) is 0 Å². The van der Waals surface area contributed by atoms with Crippen LogP contribution in [0.4, 0.5) is 24.5 Å². The fourth-order valence-corrected chi connectivity index (χ4v) is 1.49. The van der Waals surface area contributed by atoms with E-state index >= 15 is 0 Å². The predicted octanol–water partition coefficient (Wildman–Crippen LogP) is 3.49. The van der Waals surface area contributed by atoms with Gasteiger partial charge in [-0.1, -0.05) is 11.6 Å². The lowest BCUT2D eigenvalue weighted by Crippen LogP contribution is -2.13. The van der Waals surface area contributed by atoms with Gasteiger partial charge in [-0.05, 0) is 6.07 Å². The van der Waals surface area contributed by atoms with Crippen molar-refractivity contribution in [3.05, 3.63) is 32.8 Å².